The Bertz CT molecular complexity index is 858. The van der Waals surface area contributed by atoms with Crippen LogP contribution in [0.3, 0.4) is 0 Å². The van der Waals surface area contributed by atoms with E-state index in [1.54, 1.807) is 7.05 Å². The molecule has 0 aliphatic carbocycles. The molecule has 10 heteroatoms. The second kappa shape index (κ2) is 9.35. The molecule has 0 spiro atoms. The highest BCUT2D eigenvalue weighted by atomic mass is 19.4. The average Bonchev–Trinajstić information content (AvgIpc) is 2.94. The third-order valence-electron chi connectivity index (χ3n) is 4.06. The van der Waals surface area contributed by atoms with Gasteiger partial charge < -0.3 is 25.4 Å². The zero-order valence-electron chi connectivity index (χ0n) is 15.8. The second-order valence-corrected chi connectivity index (χ2v) is 6.16. The summed E-state index contributed by atoms with van der Waals surface area (Å²) < 4.78 is 50.2. The van der Waals surface area contributed by atoms with Crippen LogP contribution in [-0.2, 0) is 6.18 Å². The highest BCUT2D eigenvalue weighted by Crippen LogP contribution is 2.33. The van der Waals surface area contributed by atoms with Crippen molar-refractivity contribution in [1.82, 2.24) is 10.3 Å². The van der Waals surface area contributed by atoms with Crippen molar-refractivity contribution in [3.63, 3.8) is 0 Å². The number of anilines is 2. The maximum atomic E-state index is 13.0. The van der Waals surface area contributed by atoms with Crippen LogP contribution in [0.2, 0.25) is 0 Å². The number of benzene rings is 1. The van der Waals surface area contributed by atoms with Gasteiger partial charge >= 0.3 is 6.18 Å². The number of alkyl halides is 3. The highest BCUT2D eigenvalue weighted by molar-refractivity contribution is 5.93. The standard InChI is InChI=1S/C19H22F3N5O2/c1-23-18(27-13-5-6-15-16(12-13)29-11-3-10-28-15)26-9-8-25-17-14(19(20,21)22)4-2-7-24-17/h2,4-7,12H,3,8-11H2,1H3,(H,24,25)(H2,23,26,27). The lowest BCUT2D eigenvalue weighted by Crippen LogP contribution is -2.34. The fraction of sp³-hybridized carbons (Fsp3) is 0.368. The average molecular weight is 409 g/mol. The van der Waals surface area contributed by atoms with Gasteiger partial charge in [0.05, 0.1) is 18.8 Å². The quantitative estimate of drug-likeness (QED) is 0.399. The van der Waals surface area contributed by atoms with Gasteiger partial charge in [0.1, 0.15) is 5.82 Å². The minimum Gasteiger partial charge on any atom is -0.490 e. The van der Waals surface area contributed by atoms with E-state index in [-0.39, 0.29) is 12.4 Å². The first kappa shape index (κ1) is 20.6. The van der Waals surface area contributed by atoms with Crippen molar-refractivity contribution in [2.75, 3.05) is 44.0 Å². The van der Waals surface area contributed by atoms with Crippen molar-refractivity contribution >= 4 is 17.5 Å². The number of pyridine rings is 1. The van der Waals surface area contributed by atoms with E-state index in [4.69, 9.17) is 9.47 Å². The lowest BCUT2D eigenvalue weighted by Gasteiger charge is -2.15. The molecule has 0 bridgehead atoms. The van der Waals surface area contributed by atoms with E-state index in [1.165, 1.54) is 12.3 Å². The Morgan fingerprint density at radius 1 is 1.14 bits per heavy atom. The van der Waals surface area contributed by atoms with Gasteiger partial charge in [-0.3, -0.25) is 4.99 Å². The molecule has 1 aliphatic rings. The first-order valence-electron chi connectivity index (χ1n) is 9.11. The van der Waals surface area contributed by atoms with Crippen LogP contribution < -0.4 is 25.4 Å². The Labute approximate surface area is 166 Å². The monoisotopic (exact) mass is 409 g/mol. The van der Waals surface area contributed by atoms with E-state index in [2.05, 4.69) is 25.9 Å². The van der Waals surface area contributed by atoms with Crippen molar-refractivity contribution < 1.29 is 22.6 Å². The molecule has 2 aromatic rings. The fourth-order valence-corrected chi connectivity index (χ4v) is 2.69. The van der Waals surface area contributed by atoms with E-state index in [1.807, 2.05) is 18.2 Å². The van der Waals surface area contributed by atoms with Gasteiger partial charge in [0, 0.05) is 44.5 Å². The number of ether oxygens (including phenoxy) is 2. The molecular weight excluding hydrogens is 387 g/mol. The number of halogens is 3. The molecule has 1 aromatic carbocycles. The first-order chi connectivity index (χ1) is 14.0. The molecule has 0 saturated carbocycles. The third-order valence-corrected chi connectivity index (χ3v) is 4.06. The normalized spacial score (nSPS) is 14.1. The largest absolute Gasteiger partial charge is 0.490 e. The van der Waals surface area contributed by atoms with Gasteiger partial charge in [0.25, 0.3) is 0 Å². The van der Waals surface area contributed by atoms with Crippen LogP contribution in [0.4, 0.5) is 24.7 Å². The lowest BCUT2D eigenvalue weighted by molar-refractivity contribution is -0.137. The molecule has 0 fully saturated rings. The van der Waals surface area contributed by atoms with Crippen LogP contribution in [0.5, 0.6) is 11.5 Å². The van der Waals surface area contributed by atoms with Crippen molar-refractivity contribution in [3.8, 4) is 11.5 Å². The minimum atomic E-state index is -4.46. The predicted molar refractivity (Wildman–Crippen MR) is 105 cm³/mol. The van der Waals surface area contributed by atoms with E-state index in [0.29, 0.717) is 37.2 Å². The molecule has 156 valence electrons. The molecule has 7 nitrogen and oxygen atoms in total. The number of nitrogens with one attached hydrogen (secondary N) is 3. The van der Waals surface area contributed by atoms with E-state index < -0.39 is 11.7 Å². The predicted octanol–water partition coefficient (Wildman–Crippen LogP) is 3.36. The van der Waals surface area contributed by atoms with Crippen molar-refractivity contribution in [2.45, 2.75) is 12.6 Å². The maximum absolute atomic E-state index is 13.0. The van der Waals surface area contributed by atoms with Crippen LogP contribution in [0.15, 0.2) is 41.5 Å². The summed E-state index contributed by atoms with van der Waals surface area (Å²) in [5.74, 6) is 1.61. The van der Waals surface area contributed by atoms with Crippen LogP contribution in [0.1, 0.15) is 12.0 Å². The molecule has 3 rings (SSSR count). The summed E-state index contributed by atoms with van der Waals surface area (Å²) in [4.78, 5) is 7.88. The van der Waals surface area contributed by atoms with Gasteiger partial charge in [-0.2, -0.15) is 13.2 Å². The summed E-state index contributed by atoms with van der Waals surface area (Å²) in [7, 11) is 1.60. The number of guanidine groups is 1. The summed E-state index contributed by atoms with van der Waals surface area (Å²) in [5.41, 5.74) is -0.0471. The molecule has 0 unspecified atom stereocenters. The summed E-state index contributed by atoms with van der Waals surface area (Å²) in [6.45, 7) is 1.75. The molecule has 0 atom stereocenters. The number of fused-ring (bicyclic) bond motifs is 1. The summed E-state index contributed by atoms with van der Waals surface area (Å²) in [6, 6.07) is 7.72. The second-order valence-electron chi connectivity index (χ2n) is 6.16. The molecule has 0 saturated heterocycles. The first-order valence-corrected chi connectivity index (χ1v) is 9.11. The zero-order chi connectivity index (χ0) is 20.7. The molecule has 1 aromatic heterocycles. The number of hydrogen-bond acceptors (Lipinski definition) is 5. The number of aromatic nitrogens is 1. The third kappa shape index (κ3) is 5.66. The van der Waals surface area contributed by atoms with Gasteiger partial charge in [-0.15, -0.1) is 0 Å². The van der Waals surface area contributed by atoms with Crippen LogP contribution in [-0.4, -0.2) is 44.3 Å². The van der Waals surface area contributed by atoms with Gasteiger partial charge in [-0.25, -0.2) is 4.98 Å². The molecule has 2 heterocycles. The molecule has 1 aliphatic heterocycles. The SMILES string of the molecule is CN=C(NCCNc1ncccc1C(F)(F)F)Nc1ccc2c(c1)OCCCO2. The zero-order valence-corrected chi connectivity index (χ0v) is 15.8. The smallest absolute Gasteiger partial charge is 0.419 e. The van der Waals surface area contributed by atoms with Crippen molar-refractivity contribution in [3.05, 3.63) is 42.1 Å². The summed E-state index contributed by atoms with van der Waals surface area (Å²) in [6.07, 6.45) is -2.33. The van der Waals surface area contributed by atoms with Crippen LogP contribution >= 0.6 is 0 Å². The van der Waals surface area contributed by atoms with Gasteiger partial charge in [-0.05, 0) is 24.3 Å². The van der Waals surface area contributed by atoms with Crippen LogP contribution in [0.25, 0.3) is 0 Å². The fourth-order valence-electron chi connectivity index (χ4n) is 2.69. The van der Waals surface area contributed by atoms with Gasteiger partial charge in [0.2, 0.25) is 0 Å². The van der Waals surface area contributed by atoms with E-state index in [0.717, 1.165) is 18.2 Å². The molecule has 0 radical (unpaired) electrons. The Morgan fingerprint density at radius 2 is 1.93 bits per heavy atom. The minimum absolute atomic E-state index is 0.201. The Hall–Kier alpha value is -3.17. The maximum Gasteiger partial charge on any atom is 0.419 e. The Balaban J connectivity index is 1.53. The lowest BCUT2D eigenvalue weighted by atomic mass is 10.2. The number of nitrogens with zero attached hydrogens (tertiary/aromatic N) is 2. The summed E-state index contributed by atoms with van der Waals surface area (Å²) >= 11 is 0. The highest BCUT2D eigenvalue weighted by Gasteiger charge is 2.33. The van der Waals surface area contributed by atoms with Crippen molar-refractivity contribution in [2.24, 2.45) is 4.99 Å². The number of aliphatic imine (C=N–C) groups is 1. The molecule has 29 heavy (non-hydrogen) atoms. The summed E-state index contributed by atoms with van der Waals surface area (Å²) in [5, 5.41) is 8.85. The van der Waals surface area contributed by atoms with Gasteiger partial charge in [0.15, 0.2) is 17.5 Å². The number of hydrogen-bond donors (Lipinski definition) is 3. The Morgan fingerprint density at radius 3 is 2.69 bits per heavy atom. The molecule has 3 N–H and O–H groups in total. The van der Waals surface area contributed by atoms with E-state index >= 15 is 0 Å². The Kier molecular flexibility index (Phi) is 6.63. The molecular formula is C19H22F3N5O2. The molecule has 0 amide bonds. The topological polar surface area (TPSA) is 79.8 Å². The van der Waals surface area contributed by atoms with E-state index in [9.17, 15) is 13.2 Å². The van der Waals surface area contributed by atoms with Gasteiger partial charge in [-0.1, -0.05) is 0 Å². The van der Waals surface area contributed by atoms with Crippen molar-refractivity contribution in [1.29, 1.82) is 0 Å². The van der Waals surface area contributed by atoms with Crippen LogP contribution in [0, 0.1) is 0 Å². The number of rotatable bonds is 5.